The Kier molecular flexibility index (Phi) is 23.8. The molecule has 0 radical (unpaired) electrons. The van der Waals surface area contributed by atoms with E-state index >= 15 is 0 Å². The molecule has 0 saturated heterocycles. The maximum absolute atomic E-state index is 12.1. The Labute approximate surface area is 288 Å². The van der Waals surface area contributed by atoms with E-state index in [2.05, 4.69) is 53.5 Å². The molecule has 2 amide bonds. The second kappa shape index (κ2) is 22.2. The van der Waals surface area contributed by atoms with Crippen molar-refractivity contribution in [1.82, 2.24) is 9.44 Å². The van der Waals surface area contributed by atoms with Crippen LogP contribution < -0.4 is 28.3 Å². The smallest absolute Gasteiger partial charge is 0.443 e. The molecule has 0 aromatic heterocycles. The maximum Gasteiger partial charge on any atom is 1.00 e. The zero-order valence-corrected chi connectivity index (χ0v) is 31.5. The topological polar surface area (TPSA) is 145 Å². The molecule has 0 heterocycles. The zero-order valence-electron chi connectivity index (χ0n) is 28.3. The van der Waals surface area contributed by atoms with Gasteiger partial charge in [-0.1, -0.05) is 49.0 Å². The van der Waals surface area contributed by atoms with Gasteiger partial charge in [-0.05, 0) is 67.2 Å². The first-order valence-electron chi connectivity index (χ1n) is 14.4. The molecule has 2 saturated carbocycles. The molecule has 0 spiro atoms. The molecule has 0 atom stereocenters. The number of unbranched alkanes of at least 4 members (excludes halogenated alkanes) is 1. The Morgan fingerprint density at radius 2 is 1.25 bits per heavy atom. The van der Waals surface area contributed by atoms with Crippen molar-refractivity contribution in [3.05, 3.63) is 6.92 Å². The minimum absolute atomic E-state index is 0. The van der Waals surface area contributed by atoms with E-state index in [1.54, 1.807) is 41.5 Å². The molecule has 0 unspecified atom stereocenters. The van der Waals surface area contributed by atoms with Crippen LogP contribution in [0.3, 0.4) is 0 Å². The van der Waals surface area contributed by atoms with Crippen molar-refractivity contribution in [2.45, 2.75) is 141 Å². The summed E-state index contributed by atoms with van der Waals surface area (Å²) in [5.74, 6) is 11.5. The number of ether oxygens (including phenoxy) is 2. The largest absolute Gasteiger partial charge is 1.00 e. The van der Waals surface area contributed by atoms with Crippen LogP contribution in [0, 0.1) is 30.6 Å². The zero-order chi connectivity index (χ0) is 34.0. The van der Waals surface area contributed by atoms with Gasteiger partial charge in [-0.3, -0.25) is 0 Å². The van der Waals surface area contributed by atoms with Gasteiger partial charge >= 0.3 is 31.0 Å². The summed E-state index contributed by atoms with van der Waals surface area (Å²) in [4.78, 5) is 22.6. The Morgan fingerprint density at radius 1 is 0.841 bits per heavy atom. The first-order chi connectivity index (χ1) is 19.7. The van der Waals surface area contributed by atoms with Crippen LogP contribution in [0.25, 0.3) is 0 Å². The van der Waals surface area contributed by atoms with Crippen LogP contribution in [0.4, 0.5) is 9.59 Å². The third-order valence-corrected chi connectivity index (χ3v) is 9.23. The van der Waals surface area contributed by atoms with Crippen LogP contribution in [-0.4, -0.2) is 55.6 Å². The number of carbonyl (C=O) groups excluding carboxylic acids is 2. The van der Waals surface area contributed by atoms with E-state index < -0.39 is 53.4 Å². The molecule has 10 nitrogen and oxygen atoms in total. The summed E-state index contributed by atoms with van der Waals surface area (Å²) in [6.07, 6.45) is 4.68. The number of alkyl halides is 1. The number of hydrogen-bond acceptors (Lipinski definition) is 8. The van der Waals surface area contributed by atoms with Crippen LogP contribution in [0.5, 0.6) is 0 Å². The van der Waals surface area contributed by atoms with Gasteiger partial charge in [-0.2, -0.15) is 6.42 Å². The predicted octanol–water partition coefficient (Wildman–Crippen LogP) is 3.60. The molecule has 0 aromatic carbocycles. The quantitative estimate of drug-likeness (QED) is 0.184. The fourth-order valence-corrected chi connectivity index (χ4v) is 5.37. The number of rotatable bonds is 6. The molecule has 2 rings (SSSR count). The molecule has 2 aliphatic rings. The van der Waals surface area contributed by atoms with Gasteiger partial charge in [0.2, 0.25) is 20.0 Å². The molecule has 250 valence electrons. The number of hydrogen-bond donors (Lipinski definition) is 2. The summed E-state index contributed by atoms with van der Waals surface area (Å²) >= 11 is 3.18. The SMILES string of the molecule is CC(C)(C)OC(=O)NS(=O)(=O)C1CC1.CCC#CCBr.CCC#CCC1(S(=O)(=O)NC(=O)OC(C)(C)C)CC1.[CH2-]CCC.[Li+]. The maximum atomic E-state index is 12.1. The summed E-state index contributed by atoms with van der Waals surface area (Å²) < 4.78 is 59.5. The van der Waals surface area contributed by atoms with E-state index in [0.29, 0.717) is 32.1 Å². The molecule has 2 aliphatic carbocycles. The van der Waals surface area contributed by atoms with E-state index in [1.807, 2.05) is 23.3 Å². The van der Waals surface area contributed by atoms with Crippen molar-refractivity contribution in [2.24, 2.45) is 0 Å². The van der Waals surface area contributed by atoms with Gasteiger partial charge in [-0.15, -0.1) is 17.8 Å². The summed E-state index contributed by atoms with van der Waals surface area (Å²) in [6.45, 7) is 19.7. The third kappa shape index (κ3) is 23.9. The standard InChI is InChI=1S/C13H21NO4S.C8H15NO4S.C5H7Br.C4H9.Li/c1-5-6-7-8-13(9-10-13)19(16,17)14-11(15)18-12(2,3)4;1-8(2,3)13-7(10)9-14(11,12)6-4-5-6;1-2-3-4-5-6;1-3-4-2;/h5,8-10H2,1-4H3,(H,14,15);6H,4-5H2,1-3H3,(H,9,10);2,5H2,1H3;1,3-4H2,2H3;/q;;;-1;+1. The number of amides is 2. The number of carbonyl (C=O) groups is 2. The Morgan fingerprint density at radius 3 is 1.55 bits per heavy atom. The average Bonchev–Trinajstić information content (AvgIpc) is 3.74. The third-order valence-electron chi connectivity index (χ3n) is 5.02. The molecule has 0 aromatic rings. The van der Waals surface area contributed by atoms with E-state index in [0.717, 1.165) is 18.2 Å². The second-order valence-corrected chi connectivity index (χ2v) is 16.3. The van der Waals surface area contributed by atoms with Crippen LogP contribution in [0.15, 0.2) is 0 Å². The van der Waals surface area contributed by atoms with Gasteiger partial charge < -0.3 is 16.4 Å². The van der Waals surface area contributed by atoms with E-state index in [1.165, 1.54) is 6.42 Å². The Bertz CT molecular complexity index is 1190. The monoisotopic (exact) mass is 718 g/mol. The van der Waals surface area contributed by atoms with Crippen LogP contribution in [0.1, 0.15) is 120 Å². The minimum Gasteiger partial charge on any atom is -0.443 e. The van der Waals surface area contributed by atoms with Crippen molar-refractivity contribution in [2.75, 3.05) is 5.33 Å². The van der Waals surface area contributed by atoms with Crippen LogP contribution >= 0.6 is 15.9 Å². The van der Waals surface area contributed by atoms with Gasteiger partial charge in [0.25, 0.3) is 0 Å². The first-order valence-corrected chi connectivity index (χ1v) is 18.6. The molecule has 44 heavy (non-hydrogen) atoms. The van der Waals surface area contributed by atoms with E-state index in [4.69, 9.17) is 9.47 Å². The fraction of sp³-hybridized carbons (Fsp3) is 0.767. The predicted molar refractivity (Wildman–Crippen MR) is 176 cm³/mol. The van der Waals surface area contributed by atoms with Crippen LogP contribution in [-0.2, 0) is 29.5 Å². The normalized spacial score (nSPS) is 14.5. The van der Waals surface area contributed by atoms with E-state index in [9.17, 15) is 26.4 Å². The van der Waals surface area contributed by atoms with E-state index in [-0.39, 0.29) is 25.3 Å². The number of sulfonamides is 2. The first kappa shape index (κ1) is 47.0. The van der Waals surface area contributed by atoms with Gasteiger partial charge in [0.15, 0.2) is 0 Å². The molecule has 0 bridgehead atoms. The summed E-state index contributed by atoms with van der Waals surface area (Å²) in [5.41, 5.74) is -1.40. The number of nitrogens with one attached hydrogen (secondary N) is 2. The average molecular weight is 720 g/mol. The molecular formula is C30H52BrLiN2O8S2. The molecular weight excluding hydrogens is 667 g/mol. The Balaban J connectivity index is -0.000000588. The van der Waals surface area contributed by atoms with Gasteiger partial charge in [-0.25, -0.2) is 35.9 Å². The van der Waals surface area contributed by atoms with Gasteiger partial charge in [0, 0.05) is 19.3 Å². The summed E-state index contributed by atoms with van der Waals surface area (Å²) in [6, 6.07) is 0. The van der Waals surface area contributed by atoms with Crippen molar-refractivity contribution in [1.29, 1.82) is 0 Å². The molecule has 2 fully saturated rings. The van der Waals surface area contributed by atoms with Crippen LogP contribution in [0.2, 0.25) is 0 Å². The summed E-state index contributed by atoms with van der Waals surface area (Å²) in [7, 11) is -7.21. The molecule has 14 heteroatoms. The van der Waals surface area contributed by atoms with Crippen molar-refractivity contribution in [3.8, 4) is 23.7 Å². The minimum atomic E-state index is -3.73. The molecule has 0 aliphatic heterocycles. The van der Waals surface area contributed by atoms with Crippen molar-refractivity contribution in [3.63, 3.8) is 0 Å². The van der Waals surface area contributed by atoms with Gasteiger partial charge in [0.1, 0.15) is 15.9 Å². The fourth-order valence-electron chi connectivity index (χ4n) is 2.59. The second-order valence-electron chi connectivity index (χ2n) is 11.7. The summed E-state index contributed by atoms with van der Waals surface area (Å²) in [5, 5.41) is 0.399. The van der Waals surface area contributed by atoms with Gasteiger partial charge in [0.05, 0.1) is 10.6 Å². The Hall–Kier alpha value is -1.36. The van der Waals surface area contributed by atoms with Crippen molar-refractivity contribution < 1.29 is 54.8 Å². The van der Waals surface area contributed by atoms with Crippen molar-refractivity contribution >= 4 is 48.2 Å². The molecule has 2 N–H and O–H groups in total. The number of halogens is 1.